The lowest BCUT2D eigenvalue weighted by Crippen LogP contribution is -2.14. The van der Waals surface area contributed by atoms with Crippen molar-refractivity contribution in [2.24, 2.45) is 0 Å². The van der Waals surface area contributed by atoms with Gasteiger partial charge in [0.25, 0.3) is 0 Å². The minimum Gasteiger partial charge on any atom is -0.489 e. The Bertz CT molecular complexity index is 641. The van der Waals surface area contributed by atoms with Crippen LogP contribution in [0, 0.1) is 6.92 Å². The van der Waals surface area contributed by atoms with E-state index in [1.807, 2.05) is 43.3 Å². The summed E-state index contributed by atoms with van der Waals surface area (Å²) in [6, 6.07) is 11.4. The van der Waals surface area contributed by atoms with Gasteiger partial charge < -0.3 is 9.84 Å². The zero-order chi connectivity index (χ0) is 14.3. The maximum Gasteiger partial charge on any atom is 0.315 e. The Morgan fingerprint density at radius 1 is 1.25 bits per heavy atom. The van der Waals surface area contributed by atoms with Crippen LogP contribution in [-0.4, -0.2) is 11.1 Å². The van der Waals surface area contributed by atoms with E-state index in [9.17, 15) is 9.90 Å². The van der Waals surface area contributed by atoms with Crippen molar-refractivity contribution in [3.63, 3.8) is 0 Å². The predicted molar refractivity (Wildman–Crippen MR) is 79.1 cm³/mol. The maximum absolute atomic E-state index is 11.8. The topological polar surface area (TPSA) is 46.5 Å². The smallest absolute Gasteiger partial charge is 0.315 e. The molecule has 0 saturated heterocycles. The van der Waals surface area contributed by atoms with E-state index < -0.39 is 11.9 Å². The Kier molecular flexibility index (Phi) is 3.26. The summed E-state index contributed by atoms with van der Waals surface area (Å²) in [4.78, 5) is 11.8. The number of carboxylic acid groups (broad SMARTS) is 1. The van der Waals surface area contributed by atoms with Gasteiger partial charge in [-0.3, -0.25) is 4.79 Å². The van der Waals surface area contributed by atoms with Gasteiger partial charge >= 0.3 is 5.97 Å². The van der Waals surface area contributed by atoms with Gasteiger partial charge in [0, 0.05) is 10.0 Å². The van der Waals surface area contributed by atoms with Gasteiger partial charge in [0.15, 0.2) is 0 Å². The molecule has 0 radical (unpaired) electrons. The van der Waals surface area contributed by atoms with Crippen molar-refractivity contribution in [2.45, 2.75) is 19.4 Å². The van der Waals surface area contributed by atoms with Crippen LogP contribution in [0.3, 0.4) is 0 Å². The maximum atomic E-state index is 11.8. The van der Waals surface area contributed by atoms with Gasteiger partial charge in [-0.2, -0.15) is 0 Å². The van der Waals surface area contributed by atoms with Crippen LogP contribution in [0.1, 0.15) is 28.2 Å². The molecule has 0 saturated carbocycles. The van der Waals surface area contributed by atoms with E-state index in [0.29, 0.717) is 17.9 Å². The third-order valence-electron chi connectivity index (χ3n) is 3.53. The molecule has 3 rings (SSSR count). The highest BCUT2D eigenvalue weighted by molar-refractivity contribution is 9.10. The van der Waals surface area contributed by atoms with E-state index in [1.54, 1.807) is 0 Å². The van der Waals surface area contributed by atoms with Crippen LogP contribution < -0.4 is 4.74 Å². The van der Waals surface area contributed by atoms with Crippen LogP contribution in [-0.2, 0) is 11.4 Å². The highest BCUT2D eigenvalue weighted by Crippen LogP contribution is 2.39. The van der Waals surface area contributed by atoms with Gasteiger partial charge in [-0.25, -0.2) is 0 Å². The van der Waals surface area contributed by atoms with Crippen molar-refractivity contribution < 1.29 is 14.6 Å². The average molecular weight is 333 g/mol. The second kappa shape index (κ2) is 4.94. The molecule has 1 N–H and O–H groups in total. The summed E-state index contributed by atoms with van der Waals surface area (Å²) in [6.07, 6.45) is 0. The number of aliphatic carboxylic acids is 1. The summed E-state index contributed by atoms with van der Waals surface area (Å²) >= 11 is 3.41. The van der Waals surface area contributed by atoms with E-state index in [0.717, 1.165) is 21.2 Å². The van der Waals surface area contributed by atoms with Gasteiger partial charge in [0.1, 0.15) is 18.3 Å². The molecular weight excluding hydrogens is 320 g/mol. The number of aryl methyl sites for hydroxylation is 1. The molecule has 0 spiro atoms. The van der Waals surface area contributed by atoms with E-state index in [4.69, 9.17) is 4.74 Å². The lowest BCUT2D eigenvalue weighted by Gasteiger charge is -2.15. The summed E-state index contributed by atoms with van der Waals surface area (Å²) in [5, 5.41) is 9.67. The van der Waals surface area contributed by atoms with Crippen LogP contribution in [0.15, 0.2) is 40.9 Å². The lowest BCUT2D eigenvalue weighted by molar-refractivity contribution is -0.137. The summed E-state index contributed by atoms with van der Waals surface area (Å²) in [5.41, 5.74) is 3.44. The number of carboxylic acids is 1. The highest BCUT2D eigenvalue weighted by Gasteiger charge is 2.30. The predicted octanol–water partition coefficient (Wildman–Crippen LogP) is 3.87. The molecule has 1 heterocycles. The fraction of sp³-hybridized carbons (Fsp3) is 0.188. The molecule has 1 unspecified atom stereocenters. The number of fused-ring (bicyclic) bond motifs is 2. The number of carbonyl (C=O) groups is 1. The molecule has 0 aliphatic carbocycles. The van der Waals surface area contributed by atoms with Gasteiger partial charge in [-0.1, -0.05) is 39.7 Å². The number of hydrogen-bond acceptors (Lipinski definition) is 2. The summed E-state index contributed by atoms with van der Waals surface area (Å²) in [5.74, 6) is -0.906. The molecule has 1 aliphatic heterocycles. The molecule has 4 heteroatoms. The molecule has 102 valence electrons. The molecule has 20 heavy (non-hydrogen) atoms. The average Bonchev–Trinajstić information content (AvgIpc) is 2.54. The highest BCUT2D eigenvalue weighted by atomic mass is 79.9. The summed E-state index contributed by atoms with van der Waals surface area (Å²) in [7, 11) is 0. The van der Waals surface area contributed by atoms with Gasteiger partial charge in [-0.05, 0) is 36.2 Å². The van der Waals surface area contributed by atoms with Crippen molar-refractivity contribution in [1.29, 1.82) is 0 Å². The van der Waals surface area contributed by atoms with Crippen molar-refractivity contribution >= 4 is 21.9 Å². The Hall–Kier alpha value is -1.81. The molecule has 2 aromatic carbocycles. The lowest BCUT2D eigenvalue weighted by atomic mass is 9.88. The number of hydrogen-bond donors (Lipinski definition) is 1. The van der Waals surface area contributed by atoms with Crippen molar-refractivity contribution in [3.05, 3.63) is 63.1 Å². The number of halogens is 1. The summed E-state index contributed by atoms with van der Waals surface area (Å²) in [6.45, 7) is 2.34. The largest absolute Gasteiger partial charge is 0.489 e. The van der Waals surface area contributed by atoms with Crippen LogP contribution in [0.5, 0.6) is 5.75 Å². The third-order valence-corrected chi connectivity index (χ3v) is 4.02. The zero-order valence-corrected chi connectivity index (χ0v) is 12.5. The van der Waals surface area contributed by atoms with Crippen molar-refractivity contribution in [3.8, 4) is 5.75 Å². The quantitative estimate of drug-likeness (QED) is 0.862. The van der Waals surface area contributed by atoms with Crippen molar-refractivity contribution in [1.82, 2.24) is 0 Å². The van der Waals surface area contributed by atoms with Crippen LogP contribution >= 0.6 is 15.9 Å². The minimum atomic E-state index is -0.860. The van der Waals surface area contributed by atoms with Crippen LogP contribution in [0.25, 0.3) is 0 Å². The van der Waals surface area contributed by atoms with E-state index in [1.165, 1.54) is 0 Å². The Morgan fingerprint density at radius 2 is 2.05 bits per heavy atom. The molecule has 1 atom stereocenters. The van der Waals surface area contributed by atoms with Crippen LogP contribution in [0.2, 0.25) is 0 Å². The third kappa shape index (κ3) is 2.20. The van der Waals surface area contributed by atoms with Crippen molar-refractivity contribution in [2.75, 3.05) is 0 Å². The number of rotatable bonds is 1. The fourth-order valence-corrected chi connectivity index (χ4v) is 2.96. The zero-order valence-electron chi connectivity index (χ0n) is 10.9. The second-order valence-corrected chi connectivity index (χ2v) is 5.86. The van der Waals surface area contributed by atoms with Gasteiger partial charge in [0.05, 0.1) is 0 Å². The van der Waals surface area contributed by atoms with E-state index in [-0.39, 0.29) is 0 Å². The first-order valence-electron chi connectivity index (χ1n) is 6.31. The standard InChI is InChI=1S/C16H13BrO3/c1-9-2-5-14-13(6-9)15(16(18)19)12-7-11(17)4-3-10(12)8-20-14/h2-7,15H,8H2,1H3,(H,18,19). The minimum absolute atomic E-state index is 0.391. The van der Waals surface area contributed by atoms with Gasteiger partial charge in [-0.15, -0.1) is 0 Å². The molecule has 3 nitrogen and oxygen atoms in total. The fourth-order valence-electron chi connectivity index (χ4n) is 2.58. The number of ether oxygens (including phenoxy) is 1. The second-order valence-electron chi connectivity index (χ2n) is 4.94. The molecular formula is C16H13BrO3. The first kappa shape index (κ1) is 13.2. The first-order valence-corrected chi connectivity index (χ1v) is 7.10. The number of benzene rings is 2. The van der Waals surface area contributed by atoms with Gasteiger partial charge in [0.2, 0.25) is 0 Å². The Balaban J connectivity index is 2.27. The molecule has 0 bridgehead atoms. The monoisotopic (exact) mass is 332 g/mol. The normalized spacial score (nSPS) is 16.6. The molecule has 1 aliphatic rings. The molecule has 2 aromatic rings. The molecule has 0 aromatic heterocycles. The Morgan fingerprint density at radius 3 is 2.80 bits per heavy atom. The van der Waals surface area contributed by atoms with E-state index in [2.05, 4.69) is 15.9 Å². The van der Waals surface area contributed by atoms with E-state index >= 15 is 0 Å². The summed E-state index contributed by atoms with van der Waals surface area (Å²) < 4.78 is 6.65. The Labute approximate surface area is 125 Å². The first-order chi connectivity index (χ1) is 9.56. The van der Waals surface area contributed by atoms with Crippen LogP contribution in [0.4, 0.5) is 0 Å². The molecule has 0 amide bonds. The SMILES string of the molecule is Cc1ccc2c(c1)C(C(=O)O)c1cc(Br)ccc1CO2. The molecule has 0 fully saturated rings.